The van der Waals surface area contributed by atoms with E-state index in [1.807, 2.05) is 14.1 Å². The van der Waals surface area contributed by atoms with Crippen LogP contribution in [0.25, 0.3) is 0 Å². The van der Waals surface area contributed by atoms with Gasteiger partial charge in [-0.25, -0.2) is 0 Å². The van der Waals surface area contributed by atoms with Crippen LogP contribution in [0.2, 0.25) is 0 Å². The van der Waals surface area contributed by atoms with E-state index in [2.05, 4.69) is 25.7 Å². The summed E-state index contributed by atoms with van der Waals surface area (Å²) in [7, 11) is 3.95. The number of halogens is 3. The van der Waals surface area contributed by atoms with Gasteiger partial charge in [0.05, 0.1) is 11.3 Å². The number of anilines is 2. The lowest BCUT2D eigenvalue weighted by Crippen LogP contribution is -2.19. The van der Waals surface area contributed by atoms with Crippen molar-refractivity contribution < 1.29 is 18.0 Å². The van der Waals surface area contributed by atoms with Gasteiger partial charge in [0.2, 0.25) is 0 Å². The summed E-state index contributed by atoms with van der Waals surface area (Å²) >= 11 is 0. The minimum absolute atomic E-state index is 0.0687. The number of para-hydroxylation sites is 1. The molecule has 1 aromatic carbocycles. The number of carbonyl (C=O) groups is 1. The highest BCUT2D eigenvalue weighted by Crippen LogP contribution is 2.34. The Labute approximate surface area is 149 Å². The van der Waals surface area contributed by atoms with Crippen molar-refractivity contribution >= 4 is 17.4 Å². The molecule has 0 aliphatic carbocycles. The van der Waals surface area contributed by atoms with Crippen LogP contribution in [0.4, 0.5) is 24.7 Å². The van der Waals surface area contributed by atoms with Crippen LogP contribution in [0.1, 0.15) is 22.5 Å². The van der Waals surface area contributed by atoms with Crippen LogP contribution in [-0.4, -0.2) is 48.2 Å². The zero-order valence-electron chi connectivity index (χ0n) is 14.5. The van der Waals surface area contributed by atoms with Crippen molar-refractivity contribution in [2.75, 3.05) is 37.8 Å². The van der Waals surface area contributed by atoms with Crippen molar-refractivity contribution in [3.8, 4) is 0 Å². The normalized spacial score (nSPS) is 11.5. The minimum atomic E-state index is -4.56. The van der Waals surface area contributed by atoms with Gasteiger partial charge in [-0.2, -0.15) is 13.2 Å². The Bertz CT molecular complexity index is 732. The molecule has 1 heterocycles. The molecule has 2 aromatic rings. The quantitative estimate of drug-likeness (QED) is 0.736. The Morgan fingerprint density at radius 1 is 1.12 bits per heavy atom. The van der Waals surface area contributed by atoms with Gasteiger partial charge in [-0.3, -0.25) is 4.79 Å². The van der Waals surface area contributed by atoms with Crippen molar-refractivity contribution in [1.29, 1.82) is 0 Å². The summed E-state index contributed by atoms with van der Waals surface area (Å²) in [5.74, 6) is -0.260. The number of amides is 1. The molecule has 0 aliphatic rings. The third-order valence-corrected chi connectivity index (χ3v) is 3.47. The summed E-state index contributed by atoms with van der Waals surface area (Å²) < 4.78 is 38.9. The van der Waals surface area contributed by atoms with Gasteiger partial charge in [0.1, 0.15) is 5.82 Å². The Balaban J connectivity index is 1.99. The first-order valence-corrected chi connectivity index (χ1v) is 7.97. The van der Waals surface area contributed by atoms with Crippen LogP contribution in [0.15, 0.2) is 36.4 Å². The molecule has 0 fully saturated rings. The molecule has 0 spiro atoms. The molecule has 0 bridgehead atoms. The number of hydrogen-bond donors (Lipinski definition) is 2. The van der Waals surface area contributed by atoms with Crippen LogP contribution >= 0.6 is 0 Å². The molecule has 140 valence electrons. The van der Waals surface area contributed by atoms with Crippen molar-refractivity contribution in [3.63, 3.8) is 0 Å². The number of nitrogens with zero attached hydrogens (tertiary/aromatic N) is 3. The molecular weight excluding hydrogens is 347 g/mol. The van der Waals surface area contributed by atoms with Gasteiger partial charge in [-0.1, -0.05) is 12.1 Å². The lowest BCUT2D eigenvalue weighted by Gasteiger charge is -2.13. The van der Waals surface area contributed by atoms with E-state index in [1.54, 1.807) is 6.07 Å². The molecule has 1 amide bonds. The topological polar surface area (TPSA) is 70.2 Å². The fourth-order valence-corrected chi connectivity index (χ4v) is 2.19. The van der Waals surface area contributed by atoms with E-state index in [0.29, 0.717) is 12.4 Å². The second kappa shape index (κ2) is 8.61. The van der Waals surface area contributed by atoms with Crippen molar-refractivity contribution in [2.24, 2.45) is 0 Å². The van der Waals surface area contributed by atoms with E-state index >= 15 is 0 Å². The van der Waals surface area contributed by atoms with Gasteiger partial charge in [0, 0.05) is 6.54 Å². The average molecular weight is 367 g/mol. The summed E-state index contributed by atoms with van der Waals surface area (Å²) in [6.45, 7) is 1.61. The van der Waals surface area contributed by atoms with Crippen LogP contribution in [0.5, 0.6) is 0 Å². The van der Waals surface area contributed by atoms with E-state index in [-0.39, 0.29) is 11.4 Å². The van der Waals surface area contributed by atoms with Crippen molar-refractivity contribution in [2.45, 2.75) is 12.6 Å². The molecule has 2 N–H and O–H groups in total. The molecule has 26 heavy (non-hydrogen) atoms. The molecule has 0 saturated heterocycles. The SMILES string of the molecule is CN(C)CCCNc1ccc(C(=O)Nc2ccccc2C(F)(F)F)nn1. The third-order valence-electron chi connectivity index (χ3n) is 3.47. The fraction of sp³-hybridized carbons (Fsp3) is 0.353. The van der Waals surface area contributed by atoms with Crippen LogP contribution in [-0.2, 0) is 6.18 Å². The maximum absolute atomic E-state index is 13.0. The third kappa shape index (κ3) is 5.69. The first-order valence-electron chi connectivity index (χ1n) is 7.97. The maximum Gasteiger partial charge on any atom is 0.418 e. The molecule has 6 nitrogen and oxygen atoms in total. The Morgan fingerprint density at radius 2 is 1.85 bits per heavy atom. The first-order chi connectivity index (χ1) is 12.3. The second-order valence-electron chi connectivity index (χ2n) is 5.88. The first kappa shape index (κ1) is 19.6. The molecule has 1 aromatic heterocycles. The highest BCUT2D eigenvalue weighted by Gasteiger charge is 2.33. The zero-order valence-corrected chi connectivity index (χ0v) is 14.5. The van der Waals surface area contributed by atoms with E-state index in [9.17, 15) is 18.0 Å². The highest BCUT2D eigenvalue weighted by molar-refractivity contribution is 6.03. The van der Waals surface area contributed by atoms with E-state index < -0.39 is 17.6 Å². The Morgan fingerprint density at radius 3 is 2.46 bits per heavy atom. The van der Waals surface area contributed by atoms with Gasteiger partial charge in [0.25, 0.3) is 5.91 Å². The van der Waals surface area contributed by atoms with E-state index in [1.165, 1.54) is 24.3 Å². The number of aromatic nitrogens is 2. The summed E-state index contributed by atoms with van der Waals surface area (Å²) in [6.07, 6.45) is -3.65. The number of nitrogens with one attached hydrogen (secondary N) is 2. The monoisotopic (exact) mass is 367 g/mol. The van der Waals surface area contributed by atoms with Crippen molar-refractivity contribution in [3.05, 3.63) is 47.7 Å². The predicted octanol–water partition coefficient (Wildman–Crippen LogP) is 3.11. The Kier molecular flexibility index (Phi) is 6.51. The lowest BCUT2D eigenvalue weighted by atomic mass is 10.1. The van der Waals surface area contributed by atoms with Gasteiger partial charge in [-0.05, 0) is 51.3 Å². The predicted molar refractivity (Wildman–Crippen MR) is 93.1 cm³/mol. The largest absolute Gasteiger partial charge is 0.418 e. The molecule has 0 saturated carbocycles. The number of rotatable bonds is 7. The molecule has 0 atom stereocenters. The molecular formula is C17H20F3N5O. The Hall–Kier alpha value is -2.68. The van der Waals surface area contributed by atoms with Crippen LogP contribution in [0, 0.1) is 0 Å². The zero-order chi connectivity index (χ0) is 19.2. The second-order valence-corrected chi connectivity index (χ2v) is 5.88. The number of alkyl halides is 3. The number of hydrogen-bond acceptors (Lipinski definition) is 5. The summed E-state index contributed by atoms with van der Waals surface area (Å²) in [6, 6.07) is 7.74. The number of benzene rings is 1. The highest BCUT2D eigenvalue weighted by atomic mass is 19.4. The molecule has 2 rings (SSSR count). The van der Waals surface area contributed by atoms with Gasteiger partial charge in [0.15, 0.2) is 5.69 Å². The summed E-state index contributed by atoms with van der Waals surface area (Å²) in [5, 5.41) is 12.9. The van der Waals surface area contributed by atoms with Crippen molar-refractivity contribution in [1.82, 2.24) is 15.1 Å². The molecule has 0 unspecified atom stereocenters. The maximum atomic E-state index is 13.0. The average Bonchev–Trinajstić information content (AvgIpc) is 2.58. The molecule has 0 aliphatic heterocycles. The summed E-state index contributed by atoms with van der Waals surface area (Å²) in [4.78, 5) is 14.2. The fourth-order valence-electron chi connectivity index (χ4n) is 2.19. The van der Waals surface area contributed by atoms with Gasteiger partial charge in [-0.15, -0.1) is 10.2 Å². The van der Waals surface area contributed by atoms with Crippen LogP contribution < -0.4 is 10.6 Å². The molecule has 0 radical (unpaired) electrons. The summed E-state index contributed by atoms with van der Waals surface area (Å²) in [5.41, 5.74) is -1.31. The van der Waals surface area contributed by atoms with Gasteiger partial charge < -0.3 is 15.5 Å². The molecule has 9 heteroatoms. The van der Waals surface area contributed by atoms with Crippen LogP contribution in [0.3, 0.4) is 0 Å². The van der Waals surface area contributed by atoms with Gasteiger partial charge >= 0.3 is 6.18 Å². The standard InChI is InChI=1S/C17H20F3N5O/c1-25(2)11-5-10-21-15-9-8-14(23-24-15)16(26)22-13-7-4-3-6-12(13)17(18,19)20/h3-4,6-9H,5,10-11H2,1-2H3,(H,21,24)(H,22,26). The lowest BCUT2D eigenvalue weighted by molar-refractivity contribution is -0.136. The minimum Gasteiger partial charge on any atom is -0.369 e. The smallest absolute Gasteiger partial charge is 0.369 e. The number of carbonyl (C=O) groups excluding carboxylic acids is 1. The van der Waals surface area contributed by atoms with E-state index in [4.69, 9.17) is 0 Å². The van der Waals surface area contributed by atoms with E-state index in [0.717, 1.165) is 19.0 Å².